The Balaban J connectivity index is 1.30. The van der Waals surface area contributed by atoms with Gasteiger partial charge in [-0.05, 0) is 83.4 Å². The van der Waals surface area contributed by atoms with Crippen molar-refractivity contribution in [3.8, 4) is 45.8 Å². The van der Waals surface area contributed by atoms with Crippen molar-refractivity contribution < 1.29 is 0 Å². The van der Waals surface area contributed by atoms with Crippen molar-refractivity contribution in [1.82, 2.24) is 9.13 Å². The molecular formula is C45H25N5. The number of aromatic nitrogens is 2. The first kappa shape index (κ1) is 28.8. The summed E-state index contributed by atoms with van der Waals surface area (Å²) in [6.07, 6.45) is 0. The van der Waals surface area contributed by atoms with E-state index in [2.05, 4.69) is 111 Å². The van der Waals surface area contributed by atoms with Crippen molar-refractivity contribution in [2.24, 2.45) is 0 Å². The largest absolute Gasteiger partial charge is 0.310 e. The number of fused-ring (bicyclic) bond motifs is 6. The molecule has 9 aromatic rings. The highest BCUT2D eigenvalue weighted by Crippen LogP contribution is 2.42. The maximum atomic E-state index is 10.0. The van der Waals surface area contributed by atoms with Gasteiger partial charge in [-0.3, -0.25) is 0 Å². The van der Waals surface area contributed by atoms with Crippen LogP contribution in [0.3, 0.4) is 0 Å². The molecule has 0 unspecified atom stereocenters. The number of nitriles is 2. The Bertz CT molecular complexity index is 2920. The summed E-state index contributed by atoms with van der Waals surface area (Å²) < 4.78 is 4.49. The monoisotopic (exact) mass is 635 g/mol. The van der Waals surface area contributed by atoms with Crippen molar-refractivity contribution in [2.45, 2.75) is 0 Å². The molecule has 0 N–H and O–H groups in total. The molecule has 0 bridgehead atoms. The molecule has 5 nitrogen and oxygen atoms in total. The molecule has 0 radical (unpaired) electrons. The van der Waals surface area contributed by atoms with Gasteiger partial charge < -0.3 is 9.13 Å². The van der Waals surface area contributed by atoms with E-state index in [4.69, 9.17) is 6.57 Å². The van der Waals surface area contributed by atoms with Gasteiger partial charge in [0.15, 0.2) is 5.69 Å². The molecule has 0 saturated carbocycles. The van der Waals surface area contributed by atoms with E-state index in [9.17, 15) is 10.5 Å². The lowest BCUT2D eigenvalue weighted by molar-refractivity contribution is 1.18. The summed E-state index contributed by atoms with van der Waals surface area (Å²) in [5.41, 5.74) is 11.6. The molecule has 9 rings (SSSR count). The van der Waals surface area contributed by atoms with Gasteiger partial charge in [-0.1, -0.05) is 84.9 Å². The van der Waals surface area contributed by atoms with Crippen molar-refractivity contribution in [2.75, 3.05) is 0 Å². The molecular weight excluding hydrogens is 611 g/mol. The lowest BCUT2D eigenvalue weighted by Gasteiger charge is -2.18. The van der Waals surface area contributed by atoms with Crippen LogP contribution in [0.2, 0.25) is 0 Å². The van der Waals surface area contributed by atoms with Gasteiger partial charge in [0, 0.05) is 38.3 Å². The summed E-state index contributed by atoms with van der Waals surface area (Å²) >= 11 is 0. The van der Waals surface area contributed by atoms with Gasteiger partial charge in [0.05, 0.1) is 52.1 Å². The van der Waals surface area contributed by atoms with E-state index in [-0.39, 0.29) is 0 Å². The molecule has 0 fully saturated rings. The summed E-state index contributed by atoms with van der Waals surface area (Å²) in [5.74, 6) is 0. The molecule has 0 spiro atoms. The van der Waals surface area contributed by atoms with Crippen LogP contribution < -0.4 is 0 Å². The normalized spacial score (nSPS) is 11.1. The van der Waals surface area contributed by atoms with Crippen LogP contribution in [0.4, 0.5) is 5.69 Å². The summed E-state index contributed by atoms with van der Waals surface area (Å²) in [4.78, 5) is 3.73. The number of hydrogen-bond donors (Lipinski definition) is 0. The second kappa shape index (κ2) is 11.4. The van der Waals surface area contributed by atoms with E-state index in [1.54, 1.807) is 0 Å². The van der Waals surface area contributed by atoms with E-state index >= 15 is 0 Å². The van der Waals surface area contributed by atoms with Crippen LogP contribution in [0.1, 0.15) is 11.1 Å². The summed E-state index contributed by atoms with van der Waals surface area (Å²) in [6.45, 7) is 7.73. The van der Waals surface area contributed by atoms with Gasteiger partial charge in [0.25, 0.3) is 0 Å². The van der Waals surface area contributed by atoms with Gasteiger partial charge in [0.1, 0.15) is 0 Å². The maximum Gasteiger partial charge on any atom is 0.189 e. The minimum atomic E-state index is 0.542. The molecule has 0 aliphatic heterocycles. The second-order valence-electron chi connectivity index (χ2n) is 12.3. The molecule has 7 aromatic carbocycles. The fraction of sp³-hybridized carbons (Fsp3) is 0. The standard InChI is InChI=1S/C45H25N5/c1-48-32-19-21-38-40-24-30(28-47)18-22-44(40)50(45(38)26-32)43-16-7-2-11-35(43)34-20-17-29(27-46)23-39(34)31-9-8-10-33(25-31)49-41-14-5-3-12-36(41)37-13-4-6-15-42(37)49/h2-26H. The Morgan fingerprint density at radius 2 is 1.12 bits per heavy atom. The third kappa shape index (κ3) is 4.38. The minimum Gasteiger partial charge on any atom is -0.310 e. The average Bonchev–Trinajstić information content (AvgIpc) is 3.69. The zero-order chi connectivity index (χ0) is 33.8. The SMILES string of the molecule is [C-]#[N+]c1ccc2c3cc(C#N)ccc3n(-c3ccccc3-c3ccc(C#N)cc3-c3cccc(-n4c5ccccc5c5ccccc54)c3)c2c1. The smallest absolute Gasteiger partial charge is 0.189 e. The fourth-order valence-electron chi connectivity index (χ4n) is 7.41. The Labute approximate surface area is 288 Å². The predicted octanol–water partition coefficient (Wildman–Crippen LogP) is 11.5. The van der Waals surface area contributed by atoms with Crippen LogP contribution in [0.15, 0.2) is 152 Å². The molecule has 50 heavy (non-hydrogen) atoms. The number of para-hydroxylation sites is 3. The zero-order valence-corrected chi connectivity index (χ0v) is 26.7. The van der Waals surface area contributed by atoms with E-state index in [1.807, 2.05) is 66.7 Å². The topological polar surface area (TPSA) is 61.8 Å². The third-order valence-electron chi connectivity index (χ3n) is 9.59. The molecule has 2 heterocycles. The first-order valence-corrected chi connectivity index (χ1v) is 16.3. The van der Waals surface area contributed by atoms with Crippen molar-refractivity contribution in [1.29, 1.82) is 10.5 Å². The minimum absolute atomic E-state index is 0.542. The number of nitrogens with zero attached hydrogens (tertiary/aromatic N) is 5. The Kier molecular flexibility index (Phi) is 6.56. The summed E-state index contributed by atoms with van der Waals surface area (Å²) in [7, 11) is 0. The van der Waals surface area contributed by atoms with Crippen LogP contribution in [0.5, 0.6) is 0 Å². The molecule has 5 heteroatoms. The fourth-order valence-corrected chi connectivity index (χ4v) is 7.41. The van der Waals surface area contributed by atoms with Gasteiger partial charge >= 0.3 is 0 Å². The highest BCUT2D eigenvalue weighted by Gasteiger charge is 2.19. The molecule has 230 valence electrons. The highest BCUT2D eigenvalue weighted by molar-refractivity contribution is 6.11. The molecule has 0 saturated heterocycles. The van der Waals surface area contributed by atoms with E-state index in [1.165, 1.54) is 10.8 Å². The van der Waals surface area contributed by atoms with Crippen molar-refractivity contribution in [3.63, 3.8) is 0 Å². The molecule has 0 atom stereocenters. The highest BCUT2D eigenvalue weighted by atomic mass is 15.0. The summed E-state index contributed by atoms with van der Waals surface area (Å²) in [6, 6.07) is 55.7. The summed E-state index contributed by atoms with van der Waals surface area (Å²) in [5, 5.41) is 24.1. The second-order valence-corrected chi connectivity index (χ2v) is 12.3. The number of hydrogen-bond acceptors (Lipinski definition) is 2. The molecule has 2 aromatic heterocycles. The molecule has 0 aliphatic carbocycles. The molecule has 0 amide bonds. The van der Waals surface area contributed by atoms with E-state index < -0.39 is 0 Å². The first-order chi connectivity index (χ1) is 24.7. The Morgan fingerprint density at radius 3 is 1.88 bits per heavy atom. The van der Waals surface area contributed by atoms with Crippen molar-refractivity contribution >= 4 is 49.3 Å². The lowest BCUT2D eigenvalue weighted by atomic mass is 9.91. The predicted molar refractivity (Wildman–Crippen MR) is 202 cm³/mol. The van der Waals surface area contributed by atoms with Crippen LogP contribution in [-0.4, -0.2) is 9.13 Å². The average molecular weight is 636 g/mol. The quantitative estimate of drug-likeness (QED) is 0.181. The van der Waals surface area contributed by atoms with Gasteiger partial charge in [0.2, 0.25) is 0 Å². The van der Waals surface area contributed by atoms with E-state index in [0.29, 0.717) is 16.8 Å². The van der Waals surface area contributed by atoms with E-state index in [0.717, 1.165) is 66.5 Å². The lowest BCUT2D eigenvalue weighted by Crippen LogP contribution is -1.99. The van der Waals surface area contributed by atoms with Crippen LogP contribution in [0, 0.1) is 29.2 Å². The van der Waals surface area contributed by atoms with Gasteiger partial charge in [-0.25, -0.2) is 4.85 Å². The third-order valence-corrected chi connectivity index (χ3v) is 9.59. The first-order valence-electron chi connectivity index (χ1n) is 16.3. The van der Waals surface area contributed by atoms with Crippen molar-refractivity contribution in [3.05, 3.63) is 174 Å². The Hall–Kier alpha value is -7.39. The van der Waals surface area contributed by atoms with Crippen LogP contribution >= 0.6 is 0 Å². The number of rotatable bonds is 4. The maximum absolute atomic E-state index is 10.0. The zero-order valence-electron chi connectivity index (χ0n) is 26.7. The number of benzene rings is 7. The van der Waals surface area contributed by atoms with Gasteiger partial charge in [-0.15, -0.1) is 0 Å². The van der Waals surface area contributed by atoms with Gasteiger partial charge in [-0.2, -0.15) is 10.5 Å². The van der Waals surface area contributed by atoms with Crippen LogP contribution in [0.25, 0.3) is 82.1 Å². The Morgan fingerprint density at radius 1 is 0.460 bits per heavy atom. The molecule has 0 aliphatic rings. The van der Waals surface area contributed by atoms with Crippen LogP contribution in [-0.2, 0) is 0 Å².